The van der Waals surface area contributed by atoms with Crippen molar-refractivity contribution in [2.24, 2.45) is 0 Å². The van der Waals surface area contributed by atoms with Crippen molar-refractivity contribution in [1.82, 2.24) is 14.5 Å². The molecule has 7 nitrogen and oxygen atoms in total. The van der Waals surface area contributed by atoms with Crippen LogP contribution in [0.2, 0.25) is 5.02 Å². The molecule has 5 rings (SSSR count). The number of pyridine rings is 1. The van der Waals surface area contributed by atoms with Gasteiger partial charge < -0.3 is 14.9 Å². The van der Waals surface area contributed by atoms with Gasteiger partial charge in [-0.05, 0) is 36.9 Å². The van der Waals surface area contributed by atoms with E-state index in [1.54, 1.807) is 27.5 Å². The first-order valence-corrected chi connectivity index (χ1v) is 12.4. The van der Waals surface area contributed by atoms with Crippen molar-refractivity contribution < 1.29 is 9.90 Å². The fourth-order valence-electron chi connectivity index (χ4n) is 4.55. The van der Waals surface area contributed by atoms with Crippen LogP contribution in [0.4, 0.5) is 0 Å². The molecule has 9 heteroatoms. The van der Waals surface area contributed by atoms with Gasteiger partial charge in [-0.25, -0.2) is 0 Å². The Hall–Kier alpha value is -2.94. The number of likely N-dealkylation sites (N-methyl/N-ethyl adjacent to an activating group) is 1. The molecule has 1 N–H and O–H groups in total. The van der Waals surface area contributed by atoms with Crippen molar-refractivity contribution in [3.05, 3.63) is 92.4 Å². The fourth-order valence-corrected chi connectivity index (χ4v) is 6.01. The van der Waals surface area contributed by atoms with E-state index < -0.39 is 11.2 Å². The van der Waals surface area contributed by atoms with Gasteiger partial charge >= 0.3 is 0 Å². The molecule has 2 aromatic carbocycles. The molecule has 0 aliphatic carbocycles. The number of carbonyl (C=O) groups is 1. The molecule has 1 aromatic heterocycles. The van der Waals surface area contributed by atoms with Gasteiger partial charge in [0, 0.05) is 36.0 Å². The van der Waals surface area contributed by atoms with E-state index in [0.717, 1.165) is 21.8 Å². The molecular weight excluding hydrogens is 472 g/mol. The number of fused-ring (bicyclic) bond motifs is 3. The third kappa shape index (κ3) is 3.85. The number of aromatic nitrogens is 1. The summed E-state index contributed by atoms with van der Waals surface area (Å²) < 4.78 is 1.63. The van der Waals surface area contributed by atoms with E-state index in [1.165, 1.54) is 11.6 Å². The molecule has 1 amide bonds. The Balaban J connectivity index is 1.74. The van der Waals surface area contributed by atoms with E-state index in [4.69, 9.17) is 11.6 Å². The first-order chi connectivity index (χ1) is 16.4. The van der Waals surface area contributed by atoms with Crippen LogP contribution in [-0.2, 0) is 5.75 Å². The summed E-state index contributed by atoms with van der Waals surface area (Å²) in [6, 6.07) is 15.1. The summed E-state index contributed by atoms with van der Waals surface area (Å²) in [5, 5.41) is 13.4. The Bertz CT molecular complexity index is 1330. The quantitative estimate of drug-likeness (QED) is 0.596. The molecule has 0 saturated heterocycles. The lowest BCUT2D eigenvalue weighted by Crippen LogP contribution is -2.56. The average molecular weight is 497 g/mol. The third-order valence-corrected chi connectivity index (χ3v) is 7.89. The summed E-state index contributed by atoms with van der Waals surface area (Å²) in [7, 11) is 3.89. The maximum Gasteiger partial charge on any atom is 0.277 e. The molecule has 1 unspecified atom stereocenters. The van der Waals surface area contributed by atoms with E-state index in [1.807, 2.05) is 48.3 Å². The average Bonchev–Trinajstić information content (AvgIpc) is 2.98. The van der Waals surface area contributed by atoms with Gasteiger partial charge in [-0.1, -0.05) is 48.0 Å². The first-order valence-electron chi connectivity index (χ1n) is 11.0. The van der Waals surface area contributed by atoms with Gasteiger partial charge in [0.05, 0.1) is 11.1 Å². The van der Waals surface area contributed by atoms with Crippen LogP contribution in [0.3, 0.4) is 0 Å². The van der Waals surface area contributed by atoms with Crippen LogP contribution < -0.4 is 10.4 Å². The molecule has 176 valence electrons. The van der Waals surface area contributed by atoms with Crippen LogP contribution in [0.25, 0.3) is 0 Å². The van der Waals surface area contributed by atoms with Crippen LogP contribution in [0.15, 0.2) is 64.4 Å². The molecule has 0 radical (unpaired) electrons. The van der Waals surface area contributed by atoms with Gasteiger partial charge in [-0.2, -0.15) is 0 Å². The highest BCUT2D eigenvalue weighted by molar-refractivity contribution is 7.98. The second-order valence-corrected chi connectivity index (χ2v) is 10.1. The van der Waals surface area contributed by atoms with Crippen molar-refractivity contribution in [3.63, 3.8) is 0 Å². The van der Waals surface area contributed by atoms with Gasteiger partial charge in [0.2, 0.25) is 5.43 Å². The number of hydrogen-bond donors (Lipinski definition) is 1. The molecule has 2 aliphatic heterocycles. The zero-order valence-corrected chi connectivity index (χ0v) is 20.5. The number of amides is 1. The summed E-state index contributed by atoms with van der Waals surface area (Å²) in [5.74, 6) is -0.131. The Labute approximate surface area is 207 Å². The second-order valence-electron chi connectivity index (χ2n) is 8.72. The molecule has 34 heavy (non-hydrogen) atoms. The largest absolute Gasteiger partial charge is 0.502 e. The summed E-state index contributed by atoms with van der Waals surface area (Å²) in [5.41, 5.74) is 2.70. The minimum Gasteiger partial charge on any atom is -0.502 e. The number of thioether (sulfide) groups is 1. The van der Waals surface area contributed by atoms with Gasteiger partial charge in [-0.3, -0.25) is 19.3 Å². The zero-order chi connectivity index (χ0) is 24.0. The molecule has 0 bridgehead atoms. The molecule has 2 aliphatic rings. The minimum absolute atomic E-state index is 0.0181. The molecule has 3 heterocycles. The van der Waals surface area contributed by atoms with Gasteiger partial charge in [0.25, 0.3) is 5.91 Å². The smallest absolute Gasteiger partial charge is 0.277 e. The van der Waals surface area contributed by atoms with Gasteiger partial charge in [0.1, 0.15) is 6.67 Å². The molecule has 3 aromatic rings. The molecule has 1 atom stereocenters. The van der Waals surface area contributed by atoms with E-state index >= 15 is 0 Å². The normalized spacial score (nSPS) is 17.3. The second kappa shape index (κ2) is 9.02. The van der Waals surface area contributed by atoms with Gasteiger partial charge in [-0.15, -0.1) is 11.8 Å². The topological polar surface area (TPSA) is 69.0 Å². The van der Waals surface area contributed by atoms with Crippen molar-refractivity contribution >= 4 is 29.3 Å². The zero-order valence-electron chi connectivity index (χ0n) is 18.9. The lowest BCUT2D eigenvalue weighted by Gasteiger charge is -2.44. The van der Waals surface area contributed by atoms with Crippen molar-refractivity contribution in [2.75, 3.05) is 38.9 Å². The monoisotopic (exact) mass is 496 g/mol. The number of aromatic hydroxyl groups is 1. The summed E-state index contributed by atoms with van der Waals surface area (Å²) in [4.78, 5) is 30.4. The van der Waals surface area contributed by atoms with Crippen LogP contribution >= 0.6 is 23.4 Å². The predicted octanol–water partition coefficient (Wildman–Crippen LogP) is 3.52. The van der Waals surface area contributed by atoms with Crippen LogP contribution in [0.1, 0.15) is 33.2 Å². The van der Waals surface area contributed by atoms with Crippen molar-refractivity contribution in [3.8, 4) is 5.75 Å². The standard InChI is InChI=1S/C25H25ClN4O3S/c1-27(2)12-13-28-15-30(29-11-10-20(31)23(32)22(29)25(28)33)21-17-7-4-3-6-16(17)14-34-24-18(21)8-5-9-19(24)26/h3-11,21,32H,12-15H2,1-2H3. The number of nitrogens with zero attached hydrogens (tertiary/aromatic N) is 4. The highest BCUT2D eigenvalue weighted by Crippen LogP contribution is 2.45. The van der Waals surface area contributed by atoms with Crippen LogP contribution in [-0.4, -0.2) is 59.3 Å². The summed E-state index contributed by atoms with van der Waals surface area (Å²) in [6.07, 6.45) is 1.57. The van der Waals surface area contributed by atoms with E-state index in [2.05, 4.69) is 18.2 Å². The lowest BCUT2D eigenvalue weighted by atomic mass is 9.94. The summed E-state index contributed by atoms with van der Waals surface area (Å²) >= 11 is 8.34. The van der Waals surface area contributed by atoms with E-state index in [9.17, 15) is 14.7 Å². The molecule has 0 saturated carbocycles. The fraction of sp³-hybridized carbons (Fsp3) is 0.280. The summed E-state index contributed by atoms with van der Waals surface area (Å²) in [6.45, 7) is 1.39. The molecule has 0 spiro atoms. The van der Waals surface area contributed by atoms with Crippen molar-refractivity contribution in [1.29, 1.82) is 0 Å². The van der Waals surface area contributed by atoms with Gasteiger partial charge in [0.15, 0.2) is 11.4 Å². The number of carbonyl (C=O) groups excluding carboxylic acids is 1. The number of rotatable bonds is 4. The minimum atomic E-state index is -0.575. The molecule has 0 fully saturated rings. The number of halogens is 1. The Morgan fingerprint density at radius 1 is 1.09 bits per heavy atom. The Morgan fingerprint density at radius 3 is 2.65 bits per heavy atom. The highest BCUT2D eigenvalue weighted by Gasteiger charge is 2.38. The highest BCUT2D eigenvalue weighted by atomic mass is 35.5. The third-order valence-electron chi connectivity index (χ3n) is 6.26. The molecular formula is C25H25ClN4O3S. The first kappa shape index (κ1) is 22.8. The maximum absolute atomic E-state index is 13.4. The lowest BCUT2D eigenvalue weighted by molar-refractivity contribution is 0.0667. The predicted molar refractivity (Wildman–Crippen MR) is 134 cm³/mol. The Kier molecular flexibility index (Phi) is 6.06. The van der Waals surface area contributed by atoms with Crippen LogP contribution in [0, 0.1) is 0 Å². The Morgan fingerprint density at radius 2 is 1.85 bits per heavy atom. The maximum atomic E-state index is 13.4. The SMILES string of the molecule is CN(C)CCN1CN(C2c3ccccc3CSc3c(Cl)cccc32)n2ccc(=O)c(O)c2C1=O. The van der Waals surface area contributed by atoms with Crippen LogP contribution in [0.5, 0.6) is 5.75 Å². The number of benzene rings is 2. The number of hydrogen-bond acceptors (Lipinski definition) is 6. The van der Waals surface area contributed by atoms with Crippen molar-refractivity contribution in [2.45, 2.75) is 16.7 Å². The van der Waals surface area contributed by atoms with E-state index in [0.29, 0.717) is 18.1 Å². The van der Waals surface area contributed by atoms with E-state index in [-0.39, 0.29) is 24.3 Å².